The van der Waals surface area contributed by atoms with Crippen molar-refractivity contribution < 1.29 is 13.6 Å². The number of rotatable bonds is 3. The molecule has 0 radical (unpaired) electrons. The second-order valence-corrected chi connectivity index (χ2v) is 4.89. The highest BCUT2D eigenvalue weighted by atomic mass is 16.4. The molecule has 4 rings (SSSR count). The van der Waals surface area contributed by atoms with Gasteiger partial charge < -0.3 is 8.83 Å². The van der Waals surface area contributed by atoms with Gasteiger partial charge in [0, 0.05) is 18.6 Å². The summed E-state index contributed by atoms with van der Waals surface area (Å²) in [6.07, 6.45) is 1.67. The van der Waals surface area contributed by atoms with E-state index in [9.17, 15) is 4.79 Å². The number of nitrogens with one attached hydrogen (secondary N) is 1. The fourth-order valence-electron chi connectivity index (χ4n) is 2.16. The molecule has 1 amide bonds. The van der Waals surface area contributed by atoms with Gasteiger partial charge in [-0.15, -0.1) is 5.10 Å². The van der Waals surface area contributed by atoms with Crippen molar-refractivity contribution in [3.63, 3.8) is 0 Å². The molecule has 1 aromatic carbocycles. The number of aromatic nitrogens is 4. The van der Waals surface area contributed by atoms with Crippen LogP contribution in [0.4, 0.5) is 6.01 Å². The highest BCUT2D eigenvalue weighted by molar-refractivity contribution is 6.01. The van der Waals surface area contributed by atoms with E-state index in [1.807, 2.05) is 24.3 Å². The maximum Gasteiger partial charge on any atom is 0.322 e. The predicted octanol–water partition coefficient (Wildman–Crippen LogP) is 2.47. The summed E-state index contributed by atoms with van der Waals surface area (Å²) in [4.78, 5) is 12.0. The van der Waals surface area contributed by atoms with Crippen LogP contribution in [0.2, 0.25) is 0 Å². The Morgan fingerprint density at radius 1 is 1.17 bits per heavy atom. The van der Waals surface area contributed by atoms with Crippen molar-refractivity contribution in [1.29, 1.82) is 0 Å². The van der Waals surface area contributed by atoms with Crippen molar-refractivity contribution in [1.82, 2.24) is 20.0 Å². The molecule has 3 aromatic heterocycles. The van der Waals surface area contributed by atoms with Gasteiger partial charge in [0.25, 0.3) is 11.8 Å². The van der Waals surface area contributed by atoms with E-state index in [1.165, 1.54) is 4.68 Å². The Hall–Kier alpha value is -3.42. The van der Waals surface area contributed by atoms with Crippen LogP contribution in [0, 0.1) is 0 Å². The van der Waals surface area contributed by atoms with Crippen molar-refractivity contribution in [2.24, 2.45) is 7.05 Å². The number of furan rings is 1. The minimum absolute atomic E-state index is 0.0175. The van der Waals surface area contributed by atoms with Crippen LogP contribution in [0.1, 0.15) is 10.5 Å². The van der Waals surface area contributed by atoms with Crippen molar-refractivity contribution in [3.05, 3.63) is 48.3 Å². The highest BCUT2D eigenvalue weighted by Gasteiger charge is 2.16. The average Bonchev–Trinajstić information content (AvgIpc) is 3.25. The Morgan fingerprint density at radius 3 is 2.83 bits per heavy atom. The number of carbonyl (C=O) groups excluding carboxylic acids is 1. The third kappa shape index (κ3) is 2.46. The molecule has 0 bridgehead atoms. The number of para-hydroxylation sites is 1. The van der Waals surface area contributed by atoms with Crippen LogP contribution < -0.4 is 5.32 Å². The van der Waals surface area contributed by atoms with E-state index >= 15 is 0 Å². The van der Waals surface area contributed by atoms with Crippen LogP contribution in [0.25, 0.3) is 22.6 Å². The van der Waals surface area contributed by atoms with E-state index in [2.05, 4.69) is 20.6 Å². The Bertz CT molecular complexity index is 964. The molecule has 0 aliphatic carbocycles. The number of hydrogen-bond acceptors (Lipinski definition) is 6. The fraction of sp³-hybridized carbons (Fsp3) is 0.0667. The number of aryl methyl sites for hydroxylation is 1. The molecular formula is C15H11N5O3. The van der Waals surface area contributed by atoms with Crippen LogP contribution in [-0.2, 0) is 7.05 Å². The van der Waals surface area contributed by atoms with Gasteiger partial charge in [0.1, 0.15) is 5.58 Å². The van der Waals surface area contributed by atoms with Gasteiger partial charge in [-0.3, -0.25) is 14.8 Å². The van der Waals surface area contributed by atoms with Gasteiger partial charge in [0.2, 0.25) is 0 Å². The van der Waals surface area contributed by atoms with E-state index in [1.54, 1.807) is 25.4 Å². The zero-order valence-corrected chi connectivity index (χ0v) is 12.1. The molecule has 0 aliphatic heterocycles. The second-order valence-electron chi connectivity index (χ2n) is 4.89. The molecule has 8 heteroatoms. The lowest BCUT2D eigenvalue weighted by molar-refractivity contribution is 0.101. The van der Waals surface area contributed by atoms with E-state index in [0.717, 1.165) is 11.0 Å². The quantitative estimate of drug-likeness (QED) is 0.624. The summed E-state index contributed by atoms with van der Waals surface area (Å²) < 4.78 is 12.6. The molecule has 0 fully saturated rings. The van der Waals surface area contributed by atoms with Crippen molar-refractivity contribution >= 4 is 22.9 Å². The molecule has 1 N–H and O–H groups in total. The Balaban J connectivity index is 1.57. The van der Waals surface area contributed by atoms with Crippen LogP contribution in [0.15, 0.2) is 51.4 Å². The predicted molar refractivity (Wildman–Crippen MR) is 80.7 cm³/mol. The first-order valence-electron chi connectivity index (χ1n) is 6.82. The van der Waals surface area contributed by atoms with Crippen LogP contribution in [-0.4, -0.2) is 25.9 Å². The van der Waals surface area contributed by atoms with E-state index in [4.69, 9.17) is 8.83 Å². The van der Waals surface area contributed by atoms with E-state index in [0.29, 0.717) is 5.76 Å². The zero-order chi connectivity index (χ0) is 15.8. The van der Waals surface area contributed by atoms with Crippen molar-refractivity contribution in [2.45, 2.75) is 0 Å². The zero-order valence-electron chi connectivity index (χ0n) is 12.1. The fourth-order valence-corrected chi connectivity index (χ4v) is 2.16. The molecule has 0 spiro atoms. The summed E-state index contributed by atoms with van der Waals surface area (Å²) >= 11 is 0. The molecule has 0 saturated heterocycles. The van der Waals surface area contributed by atoms with Crippen LogP contribution in [0.3, 0.4) is 0 Å². The van der Waals surface area contributed by atoms with Crippen molar-refractivity contribution in [2.75, 3.05) is 5.32 Å². The first-order valence-corrected chi connectivity index (χ1v) is 6.82. The molecule has 23 heavy (non-hydrogen) atoms. The highest BCUT2D eigenvalue weighted by Crippen LogP contribution is 2.27. The summed E-state index contributed by atoms with van der Waals surface area (Å²) in [7, 11) is 1.73. The van der Waals surface area contributed by atoms with Gasteiger partial charge in [0.05, 0.1) is 0 Å². The number of carbonyl (C=O) groups is 1. The minimum atomic E-state index is -0.426. The molecule has 4 aromatic rings. The summed E-state index contributed by atoms with van der Waals surface area (Å²) in [5.41, 5.74) is 0.982. The SMILES string of the molecule is Cn1ccc(C(=O)Nc2nnc(-c3cc4ccccc4o3)o2)n1. The number of amides is 1. The van der Waals surface area contributed by atoms with Crippen molar-refractivity contribution in [3.8, 4) is 11.7 Å². The van der Waals surface area contributed by atoms with Crippen LogP contribution in [0.5, 0.6) is 0 Å². The third-order valence-corrected chi connectivity index (χ3v) is 3.23. The number of anilines is 1. The first-order chi connectivity index (χ1) is 11.2. The minimum Gasteiger partial charge on any atom is -0.451 e. The van der Waals surface area contributed by atoms with Gasteiger partial charge in [-0.05, 0) is 18.2 Å². The lowest BCUT2D eigenvalue weighted by Crippen LogP contribution is -2.13. The first kappa shape index (κ1) is 13.3. The largest absolute Gasteiger partial charge is 0.451 e. The standard InChI is InChI=1S/C15H11N5O3/c1-20-7-6-10(19-20)13(21)16-15-18-17-14(23-15)12-8-9-4-2-3-5-11(9)22-12/h2-8H,1H3,(H,16,18,21). The van der Waals surface area contributed by atoms with Gasteiger partial charge in [-0.25, -0.2) is 0 Å². The maximum absolute atomic E-state index is 12.0. The number of fused-ring (bicyclic) bond motifs is 1. The summed E-state index contributed by atoms with van der Waals surface area (Å²) in [6, 6.07) is 10.9. The van der Waals surface area contributed by atoms with Crippen LogP contribution >= 0.6 is 0 Å². The summed E-state index contributed by atoms with van der Waals surface area (Å²) in [5.74, 6) is 0.208. The van der Waals surface area contributed by atoms with Gasteiger partial charge in [0.15, 0.2) is 11.5 Å². The number of hydrogen-bond donors (Lipinski definition) is 1. The molecule has 8 nitrogen and oxygen atoms in total. The lowest BCUT2D eigenvalue weighted by Gasteiger charge is -1.95. The Labute approximate surface area is 129 Å². The van der Waals surface area contributed by atoms with Gasteiger partial charge >= 0.3 is 6.01 Å². The molecular weight excluding hydrogens is 298 g/mol. The topological polar surface area (TPSA) is 99.0 Å². The Morgan fingerprint density at radius 2 is 2.04 bits per heavy atom. The van der Waals surface area contributed by atoms with Gasteiger partial charge in [-0.1, -0.05) is 23.3 Å². The molecule has 0 atom stereocenters. The monoisotopic (exact) mass is 309 g/mol. The van der Waals surface area contributed by atoms with E-state index in [-0.39, 0.29) is 17.6 Å². The summed E-state index contributed by atoms with van der Waals surface area (Å²) in [6.45, 7) is 0. The van der Waals surface area contributed by atoms with E-state index < -0.39 is 5.91 Å². The number of nitrogens with zero attached hydrogens (tertiary/aromatic N) is 4. The smallest absolute Gasteiger partial charge is 0.322 e. The molecule has 3 heterocycles. The molecule has 114 valence electrons. The normalized spacial score (nSPS) is 11.0. The second kappa shape index (κ2) is 5.09. The maximum atomic E-state index is 12.0. The lowest BCUT2D eigenvalue weighted by atomic mass is 10.2. The average molecular weight is 309 g/mol. The molecule has 0 aliphatic rings. The number of benzene rings is 1. The Kier molecular flexibility index (Phi) is 2.94. The molecule has 0 unspecified atom stereocenters. The third-order valence-electron chi connectivity index (χ3n) is 3.23. The summed E-state index contributed by atoms with van der Waals surface area (Å²) in [5, 5.41) is 15.1. The van der Waals surface area contributed by atoms with Gasteiger partial charge in [-0.2, -0.15) is 5.10 Å². The molecule has 0 saturated carbocycles.